The first kappa shape index (κ1) is 32.5. The second-order valence-corrected chi connectivity index (χ2v) is 10.9. The van der Waals surface area contributed by atoms with Gasteiger partial charge in [-0.25, -0.2) is 4.79 Å². The molecule has 14 heteroatoms. The Kier molecular flexibility index (Phi) is 10.1. The summed E-state index contributed by atoms with van der Waals surface area (Å²) in [7, 11) is 0. The highest BCUT2D eigenvalue weighted by Crippen LogP contribution is 2.29. The summed E-state index contributed by atoms with van der Waals surface area (Å²) in [4.78, 5) is 77.9. The number of carbonyl (C=O) groups is 6. The third-order valence-corrected chi connectivity index (χ3v) is 7.06. The number of imide groups is 1. The Labute approximate surface area is 258 Å². The van der Waals surface area contributed by atoms with Crippen molar-refractivity contribution in [2.75, 3.05) is 19.7 Å². The first-order valence-electron chi connectivity index (χ1n) is 14.1. The zero-order valence-corrected chi connectivity index (χ0v) is 25.2. The van der Waals surface area contributed by atoms with Crippen LogP contribution in [0.4, 0.5) is 0 Å². The molecule has 1 saturated heterocycles. The summed E-state index contributed by atoms with van der Waals surface area (Å²) >= 11 is 0. The van der Waals surface area contributed by atoms with Crippen molar-refractivity contribution >= 4 is 35.4 Å². The number of benzene rings is 2. The Bertz CT molecular complexity index is 1620. The summed E-state index contributed by atoms with van der Waals surface area (Å²) in [6.07, 6.45) is 0.317. The van der Waals surface area contributed by atoms with Crippen LogP contribution in [0.3, 0.4) is 0 Å². The third kappa shape index (κ3) is 7.96. The number of amides is 4. The van der Waals surface area contributed by atoms with Gasteiger partial charge in [0.05, 0.1) is 12.5 Å². The molecule has 2 aromatic carbocycles. The first-order valence-corrected chi connectivity index (χ1v) is 14.1. The number of piperazine rings is 1. The summed E-state index contributed by atoms with van der Waals surface area (Å²) in [5.74, 6) is -4.81. The second-order valence-electron chi connectivity index (χ2n) is 10.9. The van der Waals surface area contributed by atoms with E-state index in [4.69, 9.17) is 14.3 Å². The molecule has 0 radical (unpaired) electrons. The van der Waals surface area contributed by atoms with Crippen molar-refractivity contribution in [3.8, 4) is 5.75 Å². The number of aromatic nitrogens is 2. The number of carboxylic acid groups (broad SMARTS) is 1. The summed E-state index contributed by atoms with van der Waals surface area (Å²) < 4.78 is 10.7. The quantitative estimate of drug-likeness (QED) is 0.281. The van der Waals surface area contributed by atoms with Gasteiger partial charge in [0, 0.05) is 6.92 Å². The first-order chi connectivity index (χ1) is 21.3. The molecule has 4 amide bonds. The zero-order chi connectivity index (χ0) is 32.8. The third-order valence-electron chi connectivity index (χ3n) is 7.06. The predicted octanol–water partition coefficient (Wildman–Crippen LogP) is 1.71. The van der Waals surface area contributed by atoms with E-state index >= 15 is 0 Å². The van der Waals surface area contributed by atoms with Crippen LogP contribution in [-0.4, -0.2) is 86.2 Å². The van der Waals surface area contributed by atoms with Crippen molar-refractivity contribution in [2.24, 2.45) is 5.92 Å². The van der Waals surface area contributed by atoms with Crippen LogP contribution in [0.25, 0.3) is 0 Å². The fraction of sp³-hybridized carbons (Fsp3) is 0.355. The van der Waals surface area contributed by atoms with Crippen molar-refractivity contribution in [1.29, 1.82) is 0 Å². The minimum Gasteiger partial charge on any atom is -0.482 e. The summed E-state index contributed by atoms with van der Waals surface area (Å²) in [6.45, 7) is 4.78. The maximum atomic E-state index is 13.4. The maximum Gasteiger partial charge on any atom is 0.341 e. The Morgan fingerprint density at radius 1 is 1.09 bits per heavy atom. The zero-order valence-electron chi connectivity index (χ0n) is 25.2. The Balaban J connectivity index is 1.51. The molecular weight excluding hydrogens is 586 g/mol. The highest BCUT2D eigenvalue weighted by atomic mass is 16.5. The average molecular weight is 620 g/mol. The number of hydrogen-bond donors (Lipinski definition) is 2. The molecule has 2 atom stereocenters. The molecule has 1 fully saturated rings. The predicted molar refractivity (Wildman–Crippen MR) is 156 cm³/mol. The lowest BCUT2D eigenvalue weighted by molar-refractivity contribution is -0.162. The van der Waals surface area contributed by atoms with Gasteiger partial charge in [-0.15, -0.1) is 10.2 Å². The van der Waals surface area contributed by atoms with E-state index in [1.165, 1.54) is 24.3 Å². The molecule has 0 bridgehead atoms. The minimum absolute atomic E-state index is 0.199. The molecule has 2 N–H and O–H groups in total. The molecule has 2 heterocycles. The van der Waals surface area contributed by atoms with E-state index in [1.807, 2.05) is 31.2 Å². The van der Waals surface area contributed by atoms with E-state index in [9.17, 15) is 28.8 Å². The van der Waals surface area contributed by atoms with E-state index < -0.39 is 73.1 Å². The molecule has 2 unspecified atom stereocenters. The van der Waals surface area contributed by atoms with Gasteiger partial charge >= 0.3 is 5.97 Å². The van der Waals surface area contributed by atoms with E-state index in [1.54, 1.807) is 13.8 Å². The van der Waals surface area contributed by atoms with Crippen LogP contribution in [0.2, 0.25) is 0 Å². The van der Waals surface area contributed by atoms with Crippen LogP contribution >= 0.6 is 0 Å². The van der Waals surface area contributed by atoms with Crippen molar-refractivity contribution in [1.82, 2.24) is 25.3 Å². The molecule has 4 rings (SSSR count). The summed E-state index contributed by atoms with van der Waals surface area (Å²) in [6, 6.07) is 11.0. The van der Waals surface area contributed by atoms with Crippen molar-refractivity contribution in [3.05, 3.63) is 77.0 Å². The van der Waals surface area contributed by atoms with Crippen LogP contribution in [0.5, 0.6) is 5.75 Å². The van der Waals surface area contributed by atoms with Gasteiger partial charge in [0.2, 0.25) is 29.4 Å². The van der Waals surface area contributed by atoms with E-state index in [2.05, 4.69) is 15.5 Å². The lowest BCUT2D eigenvalue weighted by atomic mass is 9.99. The average Bonchev–Trinajstić information content (AvgIpc) is 3.45. The van der Waals surface area contributed by atoms with Gasteiger partial charge in [0.15, 0.2) is 6.61 Å². The van der Waals surface area contributed by atoms with E-state index in [0.29, 0.717) is 6.42 Å². The van der Waals surface area contributed by atoms with Crippen LogP contribution in [-0.2, 0) is 30.4 Å². The number of rotatable bonds is 12. The largest absolute Gasteiger partial charge is 0.482 e. The number of nitrogens with zero attached hydrogens (tertiary/aromatic N) is 4. The number of ether oxygens (including phenoxy) is 1. The topological polar surface area (TPSA) is 189 Å². The van der Waals surface area contributed by atoms with E-state index in [0.717, 1.165) is 27.9 Å². The fourth-order valence-electron chi connectivity index (χ4n) is 4.85. The van der Waals surface area contributed by atoms with Gasteiger partial charge in [-0.2, -0.15) is 0 Å². The van der Waals surface area contributed by atoms with Crippen LogP contribution in [0.1, 0.15) is 60.1 Å². The fourth-order valence-corrected chi connectivity index (χ4v) is 4.85. The van der Waals surface area contributed by atoms with E-state index in [-0.39, 0.29) is 23.1 Å². The molecule has 1 aliphatic heterocycles. The number of Topliss-reactive ketones (excluding diaryl/α,β-unsaturated/α-hetero) is 1. The van der Waals surface area contributed by atoms with Crippen LogP contribution in [0.15, 0.2) is 52.9 Å². The molecule has 14 nitrogen and oxygen atoms in total. The van der Waals surface area contributed by atoms with Gasteiger partial charge in [0.25, 0.3) is 11.8 Å². The molecule has 0 aliphatic carbocycles. The molecule has 0 spiro atoms. The minimum atomic E-state index is -1.34. The smallest absolute Gasteiger partial charge is 0.341 e. The van der Waals surface area contributed by atoms with Crippen molar-refractivity contribution in [2.45, 2.75) is 46.2 Å². The van der Waals surface area contributed by atoms with Gasteiger partial charge in [-0.1, -0.05) is 55.8 Å². The molecular formula is C31H33N5O9. The number of nitrogens with one attached hydrogen (secondary N) is 1. The number of carboxylic acids is 1. The highest BCUT2D eigenvalue weighted by molar-refractivity contribution is 6.06. The molecule has 236 valence electrons. The number of carbonyl (C=O) groups excluding carboxylic acids is 5. The second kappa shape index (κ2) is 13.9. The van der Waals surface area contributed by atoms with Crippen LogP contribution < -0.4 is 10.1 Å². The van der Waals surface area contributed by atoms with Crippen molar-refractivity contribution in [3.63, 3.8) is 0 Å². The number of hydrogen-bond acceptors (Lipinski definition) is 10. The molecule has 1 aliphatic rings. The number of ketones is 1. The standard InChI is InChI=1S/C31H33N5O9/c1-17(2)27(29(42)30-34-33-24(45-30)13-20-7-5-6-18(3)12-20)32-23(38)14-36-25(39)15-35(19(4)37)31(43)28(36)21-8-10-22(11-9-21)44-16-26(40)41/h5-12,17,27-28H,13-16H2,1-4H3,(H,32,38)(H,40,41). The Hall–Kier alpha value is -5.40. The summed E-state index contributed by atoms with van der Waals surface area (Å²) in [5.41, 5.74) is 2.24. The molecule has 3 aromatic rings. The van der Waals surface area contributed by atoms with Crippen molar-refractivity contribution < 1.29 is 43.0 Å². The van der Waals surface area contributed by atoms with Crippen LogP contribution in [0, 0.1) is 12.8 Å². The molecule has 45 heavy (non-hydrogen) atoms. The maximum absolute atomic E-state index is 13.4. The SMILES string of the molecule is CC(=O)N1CC(=O)N(CC(=O)NC(C(=O)c2nnc(Cc3cccc(C)c3)o2)C(C)C)C(c2ccc(OCC(=O)O)cc2)C1=O. The van der Waals surface area contributed by atoms with Gasteiger partial charge < -0.3 is 24.5 Å². The molecule has 0 saturated carbocycles. The lowest BCUT2D eigenvalue weighted by Gasteiger charge is -2.39. The Morgan fingerprint density at radius 3 is 2.42 bits per heavy atom. The summed E-state index contributed by atoms with van der Waals surface area (Å²) in [5, 5.41) is 19.3. The molecule has 1 aromatic heterocycles. The van der Waals surface area contributed by atoms with Gasteiger partial charge in [-0.05, 0) is 36.1 Å². The van der Waals surface area contributed by atoms with Gasteiger partial charge in [0.1, 0.15) is 24.9 Å². The number of aryl methyl sites for hydroxylation is 1. The Morgan fingerprint density at radius 2 is 1.80 bits per heavy atom. The number of aliphatic carboxylic acids is 1. The van der Waals surface area contributed by atoms with Gasteiger partial charge in [-0.3, -0.25) is 28.9 Å². The highest BCUT2D eigenvalue weighted by Gasteiger charge is 2.43. The monoisotopic (exact) mass is 619 g/mol. The lowest BCUT2D eigenvalue weighted by Crippen LogP contribution is -2.59. The normalized spacial score (nSPS) is 15.6.